The van der Waals surface area contributed by atoms with Crippen molar-refractivity contribution in [3.63, 3.8) is 0 Å². The number of rotatable bonds is 1. The molecule has 0 radical (unpaired) electrons. The fourth-order valence-electron chi connectivity index (χ4n) is 2.74. The van der Waals surface area contributed by atoms with Gasteiger partial charge in [0.25, 0.3) is 0 Å². The number of fused-ring (bicyclic) bond motifs is 2. The number of halogens is 1. The van der Waals surface area contributed by atoms with Gasteiger partial charge in [0.05, 0.1) is 6.10 Å². The van der Waals surface area contributed by atoms with E-state index in [2.05, 4.69) is 15.9 Å². The Kier molecular flexibility index (Phi) is 3.05. The molecule has 0 saturated heterocycles. The summed E-state index contributed by atoms with van der Waals surface area (Å²) in [4.78, 5) is 0. The van der Waals surface area contributed by atoms with Crippen molar-refractivity contribution in [2.45, 2.75) is 18.6 Å². The number of hydrogen-bond donors (Lipinski definition) is 1. The maximum Gasteiger partial charge on any atom is 0.231 e. The highest BCUT2D eigenvalue weighted by Gasteiger charge is 2.29. The van der Waals surface area contributed by atoms with Crippen LogP contribution in [0.2, 0.25) is 0 Å². The lowest BCUT2D eigenvalue weighted by molar-refractivity contribution is 0.0655. The Labute approximate surface area is 130 Å². The Hall–Kier alpha value is -1.72. The molecule has 2 aromatic carbocycles. The van der Waals surface area contributed by atoms with Gasteiger partial charge in [-0.1, -0.05) is 22.0 Å². The molecule has 2 aliphatic heterocycles. The first-order valence-corrected chi connectivity index (χ1v) is 7.54. The quantitative estimate of drug-likeness (QED) is 0.852. The Balaban J connectivity index is 1.67. The monoisotopic (exact) mass is 348 g/mol. The summed E-state index contributed by atoms with van der Waals surface area (Å²) in [5.41, 5.74) is 1.80. The van der Waals surface area contributed by atoms with Gasteiger partial charge in [-0.3, -0.25) is 0 Å². The van der Waals surface area contributed by atoms with Crippen LogP contribution in [0, 0.1) is 0 Å². The fraction of sp³-hybridized carbons (Fsp3) is 0.250. The van der Waals surface area contributed by atoms with Gasteiger partial charge in [0.2, 0.25) is 6.79 Å². The van der Waals surface area contributed by atoms with Gasteiger partial charge >= 0.3 is 0 Å². The molecule has 0 aliphatic carbocycles. The van der Waals surface area contributed by atoms with E-state index in [0.29, 0.717) is 6.42 Å². The second kappa shape index (κ2) is 4.93. The molecular weight excluding hydrogens is 336 g/mol. The molecule has 2 heterocycles. The Morgan fingerprint density at radius 3 is 2.71 bits per heavy atom. The third-order valence-corrected chi connectivity index (χ3v) is 4.30. The minimum Gasteiger partial charge on any atom is -0.485 e. The molecule has 0 bridgehead atoms. The SMILES string of the molecule is O[C@@H]1CC(c2ccc3c(c2)OCO3)Oc2ccc(Br)cc21. The van der Waals surface area contributed by atoms with Crippen LogP contribution < -0.4 is 14.2 Å². The zero-order valence-electron chi connectivity index (χ0n) is 11.1. The number of ether oxygens (including phenoxy) is 3. The Morgan fingerprint density at radius 2 is 1.81 bits per heavy atom. The lowest BCUT2D eigenvalue weighted by Gasteiger charge is -2.30. The van der Waals surface area contributed by atoms with Crippen LogP contribution in [0.4, 0.5) is 0 Å². The van der Waals surface area contributed by atoms with Crippen LogP contribution in [0.15, 0.2) is 40.9 Å². The second-order valence-electron chi connectivity index (χ2n) is 5.15. The number of aliphatic hydroxyl groups excluding tert-OH is 1. The van der Waals surface area contributed by atoms with Crippen molar-refractivity contribution in [1.29, 1.82) is 0 Å². The van der Waals surface area contributed by atoms with Gasteiger partial charge in [-0.25, -0.2) is 0 Å². The van der Waals surface area contributed by atoms with Gasteiger partial charge in [-0.15, -0.1) is 0 Å². The molecule has 4 nitrogen and oxygen atoms in total. The molecular formula is C16H13BrO4. The largest absolute Gasteiger partial charge is 0.485 e. The number of benzene rings is 2. The molecule has 4 rings (SSSR count). The maximum absolute atomic E-state index is 10.4. The topological polar surface area (TPSA) is 47.9 Å². The summed E-state index contributed by atoms with van der Waals surface area (Å²) in [5.74, 6) is 2.20. The highest BCUT2D eigenvalue weighted by atomic mass is 79.9. The van der Waals surface area contributed by atoms with Crippen molar-refractivity contribution in [1.82, 2.24) is 0 Å². The van der Waals surface area contributed by atoms with Crippen molar-refractivity contribution >= 4 is 15.9 Å². The minimum atomic E-state index is -0.540. The summed E-state index contributed by atoms with van der Waals surface area (Å²) in [5, 5.41) is 10.4. The summed E-state index contributed by atoms with van der Waals surface area (Å²) >= 11 is 3.41. The first kappa shape index (κ1) is 13.0. The van der Waals surface area contributed by atoms with Crippen LogP contribution in [0.25, 0.3) is 0 Å². The van der Waals surface area contributed by atoms with E-state index >= 15 is 0 Å². The molecule has 2 aliphatic rings. The molecule has 0 aromatic heterocycles. The second-order valence-corrected chi connectivity index (χ2v) is 6.07. The van der Waals surface area contributed by atoms with Gasteiger partial charge in [0.15, 0.2) is 11.5 Å². The number of aliphatic hydroxyl groups is 1. The molecule has 0 spiro atoms. The van der Waals surface area contributed by atoms with Gasteiger partial charge in [0, 0.05) is 16.5 Å². The summed E-state index contributed by atoms with van der Waals surface area (Å²) in [6.07, 6.45) is -0.215. The molecule has 1 N–H and O–H groups in total. The predicted octanol–water partition coefficient (Wildman–Crippen LogP) is 3.74. The van der Waals surface area contributed by atoms with E-state index in [4.69, 9.17) is 14.2 Å². The van der Waals surface area contributed by atoms with Crippen LogP contribution in [0.3, 0.4) is 0 Å². The maximum atomic E-state index is 10.4. The zero-order valence-corrected chi connectivity index (χ0v) is 12.7. The van der Waals surface area contributed by atoms with E-state index < -0.39 is 6.10 Å². The standard InChI is InChI=1S/C16H13BrO4/c17-10-2-4-13-11(6-10)12(18)7-15(21-13)9-1-3-14-16(5-9)20-8-19-14/h1-6,12,15,18H,7-8H2/t12-,15?/m1/s1. The highest BCUT2D eigenvalue weighted by molar-refractivity contribution is 9.10. The van der Waals surface area contributed by atoms with Gasteiger partial charge < -0.3 is 19.3 Å². The summed E-state index contributed by atoms with van der Waals surface area (Å²) in [7, 11) is 0. The van der Waals surface area contributed by atoms with Crippen molar-refractivity contribution in [2.24, 2.45) is 0 Å². The zero-order chi connectivity index (χ0) is 14.4. The van der Waals surface area contributed by atoms with Crippen molar-refractivity contribution in [3.05, 3.63) is 52.0 Å². The summed E-state index contributed by atoms with van der Waals surface area (Å²) < 4.78 is 17.7. The van der Waals surface area contributed by atoms with E-state index in [0.717, 1.165) is 32.8 Å². The summed E-state index contributed by atoms with van der Waals surface area (Å²) in [6.45, 7) is 0.254. The smallest absolute Gasteiger partial charge is 0.231 e. The molecule has 1 unspecified atom stereocenters. The van der Waals surface area contributed by atoms with Gasteiger partial charge in [-0.2, -0.15) is 0 Å². The molecule has 0 fully saturated rings. The van der Waals surface area contributed by atoms with Crippen molar-refractivity contribution < 1.29 is 19.3 Å². The van der Waals surface area contributed by atoms with Crippen molar-refractivity contribution in [3.8, 4) is 17.2 Å². The predicted molar refractivity (Wildman–Crippen MR) is 79.7 cm³/mol. The molecule has 0 saturated carbocycles. The van der Waals surface area contributed by atoms with Crippen LogP contribution in [0.5, 0.6) is 17.2 Å². The average Bonchev–Trinajstić information content (AvgIpc) is 2.95. The van der Waals surface area contributed by atoms with E-state index in [9.17, 15) is 5.11 Å². The Bertz CT molecular complexity index is 701. The van der Waals surface area contributed by atoms with E-state index in [1.54, 1.807) is 0 Å². The van der Waals surface area contributed by atoms with Crippen LogP contribution in [-0.2, 0) is 0 Å². The Morgan fingerprint density at radius 1 is 1.00 bits per heavy atom. The molecule has 21 heavy (non-hydrogen) atoms. The third-order valence-electron chi connectivity index (χ3n) is 3.81. The van der Waals surface area contributed by atoms with E-state index in [1.165, 1.54) is 0 Å². The average molecular weight is 349 g/mol. The third kappa shape index (κ3) is 2.26. The lowest BCUT2D eigenvalue weighted by Crippen LogP contribution is -2.19. The van der Waals surface area contributed by atoms with Crippen LogP contribution >= 0.6 is 15.9 Å². The fourth-order valence-corrected chi connectivity index (χ4v) is 3.11. The van der Waals surface area contributed by atoms with E-state index in [1.807, 2.05) is 36.4 Å². The molecule has 108 valence electrons. The minimum absolute atomic E-state index is 0.192. The molecule has 2 aromatic rings. The van der Waals surface area contributed by atoms with Crippen LogP contribution in [-0.4, -0.2) is 11.9 Å². The molecule has 0 amide bonds. The normalized spacial score (nSPS) is 22.6. The van der Waals surface area contributed by atoms with Gasteiger partial charge in [-0.05, 0) is 35.9 Å². The molecule has 2 atom stereocenters. The van der Waals surface area contributed by atoms with E-state index in [-0.39, 0.29) is 12.9 Å². The van der Waals surface area contributed by atoms with Crippen molar-refractivity contribution in [2.75, 3.05) is 6.79 Å². The summed E-state index contributed by atoms with van der Waals surface area (Å²) in [6, 6.07) is 11.4. The molecule has 5 heteroatoms. The van der Waals surface area contributed by atoms with Gasteiger partial charge in [0.1, 0.15) is 11.9 Å². The van der Waals surface area contributed by atoms with Crippen LogP contribution in [0.1, 0.15) is 29.8 Å². The highest BCUT2D eigenvalue weighted by Crippen LogP contribution is 2.43. The lowest BCUT2D eigenvalue weighted by atomic mass is 9.95. The first-order chi connectivity index (χ1) is 10.2. The number of hydrogen-bond acceptors (Lipinski definition) is 4. The first-order valence-electron chi connectivity index (χ1n) is 6.74.